The van der Waals surface area contributed by atoms with E-state index in [0.29, 0.717) is 10.6 Å². The molecule has 2 rings (SSSR count). The summed E-state index contributed by atoms with van der Waals surface area (Å²) in [5.41, 5.74) is 0.333. The van der Waals surface area contributed by atoms with Crippen molar-refractivity contribution in [2.75, 3.05) is 5.32 Å². The third kappa shape index (κ3) is 2.88. The molecule has 0 aliphatic heterocycles. The van der Waals surface area contributed by atoms with Crippen LogP contribution in [0.15, 0.2) is 35.4 Å². The zero-order valence-electron chi connectivity index (χ0n) is 8.90. The van der Waals surface area contributed by atoms with Gasteiger partial charge in [-0.15, -0.1) is 5.10 Å². The lowest BCUT2D eigenvalue weighted by Gasteiger charge is -2.04. The number of carbonyl (C=O) groups is 1. The van der Waals surface area contributed by atoms with Crippen LogP contribution in [-0.2, 0) is 10.0 Å². The molecule has 3 N–H and O–H groups in total. The van der Waals surface area contributed by atoms with Gasteiger partial charge in [0.1, 0.15) is 4.88 Å². The lowest BCUT2D eigenvalue weighted by atomic mass is 10.3. The number of nitrogens with zero attached hydrogens (tertiary/aromatic N) is 2. The first-order chi connectivity index (χ1) is 8.47. The second kappa shape index (κ2) is 4.80. The molecular formula is C9H8N4O3S2. The lowest BCUT2D eigenvalue weighted by molar-refractivity contribution is 0.103. The summed E-state index contributed by atoms with van der Waals surface area (Å²) in [6.07, 6.45) is 1.32. The number of sulfonamides is 1. The average molecular weight is 284 g/mol. The maximum Gasteiger partial charge on any atom is 0.269 e. The largest absolute Gasteiger partial charge is 0.321 e. The van der Waals surface area contributed by atoms with Gasteiger partial charge < -0.3 is 5.32 Å². The van der Waals surface area contributed by atoms with Gasteiger partial charge in [0.2, 0.25) is 10.0 Å². The molecule has 2 aromatic rings. The topological polar surface area (TPSA) is 115 Å². The number of amides is 1. The van der Waals surface area contributed by atoms with E-state index in [9.17, 15) is 13.2 Å². The molecule has 0 spiro atoms. The van der Waals surface area contributed by atoms with Gasteiger partial charge in [-0.3, -0.25) is 4.79 Å². The molecule has 0 radical (unpaired) electrons. The van der Waals surface area contributed by atoms with Crippen LogP contribution in [0.25, 0.3) is 0 Å². The standard InChI is InChI=1S/C9H8N4O3S2/c10-18(15,16)7-3-1-2-6(4-7)12-9(14)8-5-11-13-17-8/h1-5H,(H,12,14)(H2,10,15,16). The predicted octanol–water partition coefficient (Wildman–Crippen LogP) is 0.438. The third-order valence-corrected chi connectivity index (χ3v) is 3.58. The molecule has 0 saturated carbocycles. The van der Waals surface area contributed by atoms with E-state index in [1.165, 1.54) is 24.4 Å². The summed E-state index contributed by atoms with van der Waals surface area (Å²) in [4.78, 5) is 11.9. The Bertz CT molecular complexity index is 667. The Morgan fingerprint density at radius 3 is 2.78 bits per heavy atom. The summed E-state index contributed by atoms with van der Waals surface area (Å²) in [6.45, 7) is 0. The molecule has 0 saturated heterocycles. The Hall–Kier alpha value is -1.84. The molecule has 1 heterocycles. The smallest absolute Gasteiger partial charge is 0.269 e. The number of hydrogen-bond acceptors (Lipinski definition) is 6. The van der Waals surface area contributed by atoms with Crippen LogP contribution < -0.4 is 10.5 Å². The van der Waals surface area contributed by atoms with Gasteiger partial charge in [-0.05, 0) is 29.7 Å². The monoisotopic (exact) mass is 284 g/mol. The summed E-state index contributed by atoms with van der Waals surface area (Å²) in [7, 11) is -3.79. The Balaban J connectivity index is 2.23. The van der Waals surface area contributed by atoms with E-state index >= 15 is 0 Å². The highest BCUT2D eigenvalue weighted by molar-refractivity contribution is 7.89. The van der Waals surface area contributed by atoms with Crippen LogP contribution >= 0.6 is 11.5 Å². The van der Waals surface area contributed by atoms with Gasteiger partial charge in [-0.2, -0.15) is 0 Å². The van der Waals surface area contributed by atoms with E-state index in [-0.39, 0.29) is 4.90 Å². The highest BCUT2D eigenvalue weighted by Gasteiger charge is 2.11. The van der Waals surface area contributed by atoms with Crippen molar-refractivity contribution in [3.05, 3.63) is 35.3 Å². The molecule has 9 heteroatoms. The maximum atomic E-state index is 11.7. The molecule has 0 aliphatic carbocycles. The van der Waals surface area contributed by atoms with Crippen LogP contribution in [0, 0.1) is 0 Å². The Labute approximate surface area is 107 Å². The second-order valence-electron chi connectivity index (χ2n) is 3.31. The van der Waals surface area contributed by atoms with Gasteiger partial charge in [0.25, 0.3) is 5.91 Å². The van der Waals surface area contributed by atoms with Gasteiger partial charge in [0.05, 0.1) is 11.1 Å². The van der Waals surface area contributed by atoms with E-state index in [0.717, 1.165) is 11.5 Å². The Morgan fingerprint density at radius 2 is 2.17 bits per heavy atom. The van der Waals surface area contributed by atoms with Crippen molar-refractivity contribution in [2.24, 2.45) is 5.14 Å². The molecular weight excluding hydrogens is 276 g/mol. The number of nitrogens with two attached hydrogens (primary N) is 1. The molecule has 1 aromatic heterocycles. The molecule has 1 amide bonds. The third-order valence-electron chi connectivity index (χ3n) is 2.01. The summed E-state index contributed by atoms with van der Waals surface area (Å²) < 4.78 is 25.8. The average Bonchev–Trinajstić information content (AvgIpc) is 2.81. The normalized spacial score (nSPS) is 11.2. The quantitative estimate of drug-likeness (QED) is 0.848. The zero-order valence-corrected chi connectivity index (χ0v) is 10.5. The van der Waals surface area contributed by atoms with Crippen molar-refractivity contribution in [1.29, 1.82) is 0 Å². The minimum absolute atomic E-state index is 0.0669. The molecule has 7 nitrogen and oxygen atoms in total. The molecule has 94 valence electrons. The zero-order chi connectivity index (χ0) is 13.2. The van der Waals surface area contributed by atoms with E-state index in [4.69, 9.17) is 5.14 Å². The van der Waals surface area contributed by atoms with Crippen LogP contribution in [0.5, 0.6) is 0 Å². The van der Waals surface area contributed by atoms with Crippen molar-refractivity contribution in [3.63, 3.8) is 0 Å². The van der Waals surface area contributed by atoms with Crippen LogP contribution in [0.4, 0.5) is 5.69 Å². The summed E-state index contributed by atoms with van der Waals surface area (Å²) >= 11 is 0.944. The van der Waals surface area contributed by atoms with Gasteiger partial charge >= 0.3 is 0 Å². The predicted molar refractivity (Wildman–Crippen MR) is 65.7 cm³/mol. The van der Waals surface area contributed by atoms with Gasteiger partial charge in [-0.1, -0.05) is 10.6 Å². The number of benzene rings is 1. The molecule has 18 heavy (non-hydrogen) atoms. The number of primary sulfonamides is 1. The minimum atomic E-state index is -3.79. The number of nitrogens with one attached hydrogen (secondary N) is 1. The summed E-state index contributed by atoms with van der Waals surface area (Å²) in [5.74, 6) is -0.406. The summed E-state index contributed by atoms with van der Waals surface area (Å²) in [5, 5.41) is 11.1. The fourth-order valence-corrected chi connectivity index (χ4v) is 2.18. The molecule has 0 fully saturated rings. The highest BCUT2D eigenvalue weighted by Crippen LogP contribution is 2.15. The fourth-order valence-electron chi connectivity index (χ4n) is 1.21. The molecule has 0 atom stereocenters. The first-order valence-electron chi connectivity index (χ1n) is 4.68. The second-order valence-corrected chi connectivity index (χ2v) is 5.66. The van der Waals surface area contributed by atoms with Crippen molar-refractivity contribution in [1.82, 2.24) is 9.59 Å². The van der Waals surface area contributed by atoms with E-state index in [1.54, 1.807) is 6.07 Å². The number of rotatable bonds is 3. The first kappa shape index (κ1) is 12.6. The molecule has 0 aliphatic rings. The van der Waals surface area contributed by atoms with Crippen molar-refractivity contribution < 1.29 is 13.2 Å². The maximum absolute atomic E-state index is 11.7. The number of hydrogen-bond donors (Lipinski definition) is 2. The Morgan fingerprint density at radius 1 is 1.39 bits per heavy atom. The van der Waals surface area contributed by atoms with Crippen molar-refractivity contribution in [3.8, 4) is 0 Å². The SMILES string of the molecule is NS(=O)(=O)c1cccc(NC(=O)c2cnns2)c1. The number of carbonyl (C=O) groups excluding carboxylic acids is 1. The molecule has 1 aromatic carbocycles. The summed E-state index contributed by atoms with van der Waals surface area (Å²) in [6, 6.07) is 5.67. The highest BCUT2D eigenvalue weighted by atomic mass is 32.2. The van der Waals surface area contributed by atoms with Crippen LogP contribution in [0.1, 0.15) is 9.67 Å². The van der Waals surface area contributed by atoms with Crippen molar-refractivity contribution >= 4 is 33.2 Å². The Kier molecular flexibility index (Phi) is 3.36. The van der Waals surface area contributed by atoms with Crippen LogP contribution in [0.2, 0.25) is 0 Å². The van der Waals surface area contributed by atoms with Gasteiger partial charge in [0.15, 0.2) is 0 Å². The van der Waals surface area contributed by atoms with E-state index in [2.05, 4.69) is 14.9 Å². The lowest BCUT2D eigenvalue weighted by Crippen LogP contribution is -2.14. The van der Waals surface area contributed by atoms with Gasteiger partial charge in [0, 0.05) is 5.69 Å². The first-order valence-corrected chi connectivity index (χ1v) is 7.00. The van der Waals surface area contributed by atoms with Crippen molar-refractivity contribution in [2.45, 2.75) is 4.90 Å². The van der Waals surface area contributed by atoms with Crippen LogP contribution in [0.3, 0.4) is 0 Å². The van der Waals surface area contributed by atoms with E-state index < -0.39 is 15.9 Å². The fraction of sp³-hybridized carbons (Fsp3) is 0. The molecule has 0 unspecified atom stereocenters. The molecule has 0 bridgehead atoms. The number of aromatic nitrogens is 2. The minimum Gasteiger partial charge on any atom is -0.321 e. The number of anilines is 1. The van der Waals surface area contributed by atoms with Crippen LogP contribution in [-0.4, -0.2) is 23.9 Å². The van der Waals surface area contributed by atoms with E-state index in [1.807, 2.05) is 0 Å². The van der Waals surface area contributed by atoms with Gasteiger partial charge in [-0.25, -0.2) is 13.6 Å².